The first-order valence-corrected chi connectivity index (χ1v) is 9.70. The van der Waals surface area contributed by atoms with Gasteiger partial charge in [-0.3, -0.25) is 9.88 Å². The van der Waals surface area contributed by atoms with Gasteiger partial charge in [0, 0.05) is 54.5 Å². The maximum Gasteiger partial charge on any atom is 0.155 e. The number of fused-ring (bicyclic) bond motifs is 7. The maximum atomic E-state index is 4.70. The van der Waals surface area contributed by atoms with Gasteiger partial charge in [-0.05, 0) is 31.4 Å². The number of rotatable bonds is 2. The summed E-state index contributed by atoms with van der Waals surface area (Å²) in [5.74, 6) is 0. The Hall–Kier alpha value is -2.79. The van der Waals surface area contributed by atoms with Gasteiger partial charge >= 0.3 is 0 Å². The number of hydrogen-bond donors (Lipinski definition) is 0. The van der Waals surface area contributed by atoms with E-state index in [9.17, 15) is 0 Å². The van der Waals surface area contributed by atoms with Crippen LogP contribution < -0.4 is 0 Å². The lowest BCUT2D eigenvalue weighted by atomic mass is 9.98. The van der Waals surface area contributed by atoms with E-state index >= 15 is 0 Å². The van der Waals surface area contributed by atoms with Crippen LogP contribution in [0.15, 0.2) is 48.8 Å². The average Bonchev–Trinajstić information content (AvgIpc) is 3.20. The molecule has 4 aromatic rings. The van der Waals surface area contributed by atoms with Crippen LogP contribution in [0.4, 0.5) is 0 Å². The molecule has 134 valence electrons. The molecular weight excluding hydrogens is 334 g/mol. The van der Waals surface area contributed by atoms with Crippen molar-refractivity contribution in [3.05, 3.63) is 71.3 Å². The number of pyridine rings is 1. The van der Waals surface area contributed by atoms with Crippen LogP contribution in [0.1, 0.15) is 41.4 Å². The second-order valence-electron chi connectivity index (χ2n) is 7.83. The zero-order valence-electron chi connectivity index (χ0n) is 15.3. The minimum atomic E-state index is 0.430. The van der Waals surface area contributed by atoms with E-state index in [0.717, 1.165) is 29.8 Å². The van der Waals surface area contributed by atoms with Gasteiger partial charge < -0.3 is 0 Å². The highest BCUT2D eigenvalue weighted by molar-refractivity contribution is 5.81. The molecule has 1 fully saturated rings. The van der Waals surface area contributed by atoms with E-state index in [1.807, 2.05) is 19.2 Å². The van der Waals surface area contributed by atoms with Crippen molar-refractivity contribution >= 4 is 16.6 Å². The van der Waals surface area contributed by atoms with Crippen LogP contribution in [-0.4, -0.2) is 30.5 Å². The molecule has 1 aromatic carbocycles. The van der Waals surface area contributed by atoms with Gasteiger partial charge in [-0.2, -0.15) is 5.10 Å². The monoisotopic (exact) mass is 355 g/mol. The van der Waals surface area contributed by atoms with E-state index in [1.165, 1.54) is 35.0 Å². The molecule has 3 aromatic heterocycles. The molecule has 0 radical (unpaired) electrons. The summed E-state index contributed by atoms with van der Waals surface area (Å²) in [6.45, 7) is 2.98. The van der Waals surface area contributed by atoms with Crippen LogP contribution in [0.3, 0.4) is 0 Å². The fraction of sp³-hybridized carbons (Fsp3) is 0.318. The molecule has 0 N–H and O–H groups in total. The van der Waals surface area contributed by atoms with Crippen molar-refractivity contribution in [1.29, 1.82) is 0 Å². The summed E-state index contributed by atoms with van der Waals surface area (Å²) in [4.78, 5) is 12.0. The minimum absolute atomic E-state index is 0.430. The Morgan fingerprint density at radius 3 is 3.00 bits per heavy atom. The van der Waals surface area contributed by atoms with Gasteiger partial charge in [0.05, 0.1) is 16.9 Å². The molecule has 5 nitrogen and oxygen atoms in total. The second-order valence-corrected chi connectivity index (χ2v) is 7.83. The van der Waals surface area contributed by atoms with Gasteiger partial charge in [-0.25, -0.2) is 9.50 Å². The fourth-order valence-electron chi connectivity index (χ4n) is 5.04. The Morgan fingerprint density at radius 1 is 1.11 bits per heavy atom. The summed E-state index contributed by atoms with van der Waals surface area (Å²) in [6.07, 6.45) is 7.46. The predicted molar refractivity (Wildman–Crippen MR) is 104 cm³/mol. The quantitative estimate of drug-likeness (QED) is 0.548. The molecule has 0 amide bonds. The Balaban J connectivity index is 1.42. The molecule has 2 aliphatic rings. The Labute approximate surface area is 157 Å². The third kappa shape index (κ3) is 2.24. The number of aryl methyl sites for hydroxylation is 1. The summed E-state index contributed by atoms with van der Waals surface area (Å²) >= 11 is 0. The largest absolute Gasteiger partial charge is 0.289 e. The first-order chi connectivity index (χ1) is 13.3. The van der Waals surface area contributed by atoms with E-state index < -0.39 is 0 Å². The van der Waals surface area contributed by atoms with Crippen molar-refractivity contribution in [2.45, 2.75) is 44.8 Å². The van der Waals surface area contributed by atoms with Gasteiger partial charge in [0.25, 0.3) is 0 Å². The van der Waals surface area contributed by atoms with Gasteiger partial charge in [0.2, 0.25) is 0 Å². The Bertz CT molecular complexity index is 1170. The van der Waals surface area contributed by atoms with Crippen molar-refractivity contribution in [2.24, 2.45) is 0 Å². The van der Waals surface area contributed by atoms with Crippen molar-refractivity contribution in [1.82, 2.24) is 24.5 Å². The van der Waals surface area contributed by atoms with Gasteiger partial charge in [-0.1, -0.05) is 24.3 Å². The van der Waals surface area contributed by atoms with Crippen LogP contribution in [0.2, 0.25) is 0 Å². The molecule has 0 unspecified atom stereocenters. The van der Waals surface area contributed by atoms with E-state index in [-0.39, 0.29) is 0 Å². The van der Waals surface area contributed by atoms with E-state index in [1.54, 1.807) is 0 Å². The minimum Gasteiger partial charge on any atom is -0.289 e. The topological polar surface area (TPSA) is 46.3 Å². The summed E-state index contributed by atoms with van der Waals surface area (Å²) in [5.41, 5.74) is 7.16. The van der Waals surface area contributed by atoms with Crippen LogP contribution in [0.5, 0.6) is 0 Å². The van der Waals surface area contributed by atoms with Crippen LogP contribution in [0, 0.1) is 6.92 Å². The fourth-order valence-corrected chi connectivity index (χ4v) is 5.04. The third-order valence-electron chi connectivity index (χ3n) is 6.24. The van der Waals surface area contributed by atoms with Crippen molar-refractivity contribution in [3.8, 4) is 0 Å². The number of hydrogen-bond acceptors (Lipinski definition) is 4. The first kappa shape index (κ1) is 15.3. The molecule has 0 spiro atoms. The highest BCUT2D eigenvalue weighted by Crippen LogP contribution is 2.44. The van der Waals surface area contributed by atoms with Gasteiger partial charge in [-0.15, -0.1) is 0 Å². The van der Waals surface area contributed by atoms with E-state index in [2.05, 4.69) is 55.9 Å². The molecule has 0 aliphatic carbocycles. The zero-order chi connectivity index (χ0) is 18.0. The normalized spacial score (nSPS) is 21.8. The molecule has 0 saturated carbocycles. The second kappa shape index (κ2) is 5.60. The molecular formula is C22H21N5. The van der Waals surface area contributed by atoms with Crippen LogP contribution in [0.25, 0.3) is 16.6 Å². The third-order valence-corrected chi connectivity index (χ3v) is 6.24. The number of aromatic nitrogens is 4. The Kier molecular flexibility index (Phi) is 3.17. The molecule has 2 atom stereocenters. The lowest BCUT2D eigenvalue weighted by molar-refractivity contribution is 0.165. The first-order valence-electron chi connectivity index (χ1n) is 9.70. The number of nitrogens with zero attached hydrogens (tertiary/aromatic N) is 5. The smallest absolute Gasteiger partial charge is 0.155 e. The highest BCUT2D eigenvalue weighted by atomic mass is 15.3. The standard InChI is InChI=1S/C22H21N5/c1-14-10-21-24-12-18-19-8-7-17(11-20(18)27(21)25-14)26(19)13-16-5-2-4-15-6-3-9-23-22(15)16/h2-6,9-10,12,17,19H,7-8,11,13H2,1H3/t17-,19-/m0/s1. The van der Waals surface area contributed by atoms with Crippen LogP contribution in [-0.2, 0) is 13.0 Å². The van der Waals surface area contributed by atoms with Crippen LogP contribution >= 0.6 is 0 Å². The number of para-hydroxylation sites is 1. The van der Waals surface area contributed by atoms with Crippen molar-refractivity contribution < 1.29 is 0 Å². The lowest BCUT2D eigenvalue weighted by Gasteiger charge is -2.36. The van der Waals surface area contributed by atoms with Crippen molar-refractivity contribution in [3.63, 3.8) is 0 Å². The SMILES string of the molecule is Cc1cc2ncc3c(n2n1)C[C@@H]1CC[C@@H]3N1Cc1cccc2cccnc12. The number of benzene rings is 1. The summed E-state index contributed by atoms with van der Waals surface area (Å²) in [5, 5.41) is 5.92. The predicted octanol–water partition coefficient (Wildman–Crippen LogP) is 3.85. The Morgan fingerprint density at radius 2 is 2.04 bits per heavy atom. The molecule has 6 rings (SSSR count). The molecule has 2 bridgehead atoms. The highest BCUT2D eigenvalue weighted by Gasteiger charge is 2.41. The molecule has 5 heteroatoms. The zero-order valence-corrected chi connectivity index (χ0v) is 15.3. The van der Waals surface area contributed by atoms with Crippen molar-refractivity contribution in [2.75, 3.05) is 0 Å². The molecule has 5 heterocycles. The molecule has 1 saturated heterocycles. The molecule has 2 aliphatic heterocycles. The maximum absolute atomic E-state index is 4.70. The van der Waals surface area contributed by atoms with Gasteiger partial charge in [0.15, 0.2) is 5.65 Å². The summed E-state index contributed by atoms with van der Waals surface area (Å²) in [7, 11) is 0. The van der Waals surface area contributed by atoms with E-state index in [4.69, 9.17) is 5.10 Å². The average molecular weight is 355 g/mol. The van der Waals surface area contributed by atoms with E-state index in [0.29, 0.717) is 12.1 Å². The molecule has 27 heavy (non-hydrogen) atoms. The lowest BCUT2D eigenvalue weighted by Crippen LogP contribution is -2.38. The summed E-state index contributed by atoms with van der Waals surface area (Å²) in [6, 6.07) is 13.7. The van der Waals surface area contributed by atoms with Gasteiger partial charge in [0.1, 0.15) is 0 Å². The summed E-state index contributed by atoms with van der Waals surface area (Å²) < 4.78 is 2.08.